The van der Waals surface area contributed by atoms with Crippen molar-refractivity contribution >= 4 is 17.7 Å². The van der Waals surface area contributed by atoms with Gasteiger partial charge in [-0.1, -0.05) is 12.1 Å². The molecule has 0 saturated heterocycles. The number of methoxy groups -OCH3 is 1. The number of nitrogens with one attached hydrogen (secondary N) is 1. The Kier molecular flexibility index (Phi) is 5.28. The minimum absolute atomic E-state index is 0.0319. The fraction of sp³-hybridized carbons (Fsp3) is 0.235. The van der Waals surface area contributed by atoms with Gasteiger partial charge in [-0.2, -0.15) is 0 Å². The number of hydrogen-bond donors (Lipinski definition) is 1. The Balaban J connectivity index is 2.03. The standard InChI is InChI=1S/C17H19NO2S/c1-12(13-6-10-16(21-3)11-7-13)18-17(19)14-4-8-15(20-2)9-5-14/h4-12H,1-3H3,(H,18,19)/t12-/m0/s1. The van der Waals surface area contributed by atoms with Gasteiger partial charge in [0.05, 0.1) is 13.2 Å². The van der Waals surface area contributed by atoms with Gasteiger partial charge in [-0.25, -0.2) is 0 Å². The molecule has 0 aliphatic carbocycles. The summed E-state index contributed by atoms with van der Waals surface area (Å²) < 4.78 is 5.09. The quantitative estimate of drug-likeness (QED) is 0.851. The molecule has 2 rings (SSSR count). The Morgan fingerprint density at radius 1 is 1.10 bits per heavy atom. The van der Waals surface area contributed by atoms with Gasteiger partial charge in [0.25, 0.3) is 5.91 Å². The predicted molar refractivity (Wildman–Crippen MR) is 87.1 cm³/mol. The monoisotopic (exact) mass is 301 g/mol. The number of rotatable bonds is 5. The SMILES string of the molecule is COc1ccc(C(=O)N[C@@H](C)c2ccc(SC)cc2)cc1. The van der Waals surface area contributed by atoms with Crippen LogP contribution in [0.15, 0.2) is 53.4 Å². The second-order valence-corrected chi connectivity index (χ2v) is 5.58. The van der Waals surface area contributed by atoms with Gasteiger partial charge in [0.2, 0.25) is 0 Å². The van der Waals surface area contributed by atoms with E-state index >= 15 is 0 Å². The molecule has 4 heteroatoms. The summed E-state index contributed by atoms with van der Waals surface area (Å²) in [5, 5.41) is 3.00. The first-order valence-electron chi connectivity index (χ1n) is 6.73. The van der Waals surface area contributed by atoms with Crippen molar-refractivity contribution in [3.63, 3.8) is 0 Å². The lowest BCUT2D eigenvalue weighted by molar-refractivity contribution is 0.0940. The highest BCUT2D eigenvalue weighted by Gasteiger charge is 2.11. The van der Waals surface area contributed by atoms with E-state index in [-0.39, 0.29) is 11.9 Å². The topological polar surface area (TPSA) is 38.3 Å². The number of benzene rings is 2. The molecule has 0 unspecified atom stereocenters. The molecule has 2 aromatic carbocycles. The molecule has 0 radical (unpaired) electrons. The Hall–Kier alpha value is -1.94. The first-order valence-corrected chi connectivity index (χ1v) is 7.95. The van der Waals surface area contributed by atoms with Crippen LogP contribution < -0.4 is 10.1 Å². The van der Waals surface area contributed by atoms with Crippen LogP contribution in [0.1, 0.15) is 28.9 Å². The maximum atomic E-state index is 12.2. The average Bonchev–Trinajstić information content (AvgIpc) is 2.55. The second kappa shape index (κ2) is 7.18. The molecule has 0 bridgehead atoms. The van der Waals surface area contributed by atoms with E-state index in [0.29, 0.717) is 5.56 Å². The molecule has 1 amide bonds. The molecule has 3 nitrogen and oxygen atoms in total. The van der Waals surface area contributed by atoms with Crippen molar-refractivity contribution in [3.8, 4) is 5.75 Å². The minimum Gasteiger partial charge on any atom is -0.497 e. The molecule has 0 aliphatic rings. The molecule has 0 spiro atoms. The molecular weight excluding hydrogens is 282 g/mol. The van der Waals surface area contributed by atoms with Crippen molar-refractivity contribution in [2.75, 3.05) is 13.4 Å². The third-order valence-corrected chi connectivity index (χ3v) is 4.06. The van der Waals surface area contributed by atoms with Crippen LogP contribution in [0, 0.1) is 0 Å². The predicted octanol–water partition coefficient (Wildman–Crippen LogP) is 3.91. The highest BCUT2D eigenvalue weighted by atomic mass is 32.2. The van der Waals surface area contributed by atoms with Gasteiger partial charge in [0.15, 0.2) is 0 Å². The Morgan fingerprint density at radius 2 is 1.71 bits per heavy atom. The van der Waals surface area contributed by atoms with Gasteiger partial charge in [0, 0.05) is 10.5 Å². The van der Waals surface area contributed by atoms with Crippen LogP contribution >= 0.6 is 11.8 Å². The lowest BCUT2D eigenvalue weighted by Gasteiger charge is -2.15. The first-order chi connectivity index (χ1) is 10.1. The zero-order valence-corrected chi connectivity index (χ0v) is 13.2. The summed E-state index contributed by atoms with van der Waals surface area (Å²) in [5.74, 6) is 0.659. The Morgan fingerprint density at radius 3 is 2.24 bits per heavy atom. The van der Waals surface area contributed by atoms with Crippen molar-refractivity contribution in [1.29, 1.82) is 0 Å². The molecule has 1 N–H and O–H groups in total. The van der Waals surface area contributed by atoms with Crippen LogP contribution in [0.2, 0.25) is 0 Å². The smallest absolute Gasteiger partial charge is 0.251 e. The molecule has 0 heterocycles. The van der Waals surface area contributed by atoms with Crippen LogP contribution in [0.5, 0.6) is 5.75 Å². The summed E-state index contributed by atoms with van der Waals surface area (Å²) in [7, 11) is 1.61. The lowest BCUT2D eigenvalue weighted by Crippen LogP contribution is -2.26. The van der Waals surface area contributed by atoms with Gasteiger partial charge < -0.3 is 10.1 Å². The number of hydrogen-bond acceptors (Lipinski definition) is 3. The molecule has 0 saturated carbocycles. The van der Waals surface area contributed by atoms with Crippen molar-refractivity contribution in [3.05, 3.63) is 59.7 Å². The van der Waals surface area contributed by atoms with Gasteiger partial charge in [-0.3, -0.25) is 4.79 Å². The van der Waals surface area contributed by atoms with Crippen molar-refractivity contribution in [2.45, 2.75) is 17.9 Å². The number of carbonyl (C=O) groups excluding carboxylic acids is 1. The van der Waals surface area contributed by atoms with Crippen molar-refractivity contribution in [2.24, 2.45) is 0 Å². The molecule has 0 aliphatic heterocycles. The Bertz CT molecular complexity index is 593. The minimum atomic E-state index is -0.0842. The zero-order valence-electron chi connectivity index (χ0n) is 12.4. The summed E-state index contributed by atoms with van der Waals surface area (Å²) in [6.45, 7) is 1.98. The second-order valence-electron chi connectivity index (χ2n) is 4.70. The normalized spacial score (nSPS) is 11.8. The van der Waals surface area contributed by atoms with Crippen LogP contribution in [0.3, 0.4) is 0 Å². The maximum Gasteiger partial charge on any atom is 0.251 e. The van der Waals surface area contributed by atoms with Crippen molar-refractivity contribution in [1.82, 2.24) is 5.32 Å². The third kappa shape index (κ3) is 4.02. The maximum absolute atomic E-state index is 12.2. The summed E-state index contributed by atoms with van der Waals surface area (Å²) >= 11 is 1.70. The number of thioether (sulfide) groups is 1. The molecule has 110 valence electrons. The highest BCUT2D eigenvalue weighted by molar-refractivity contribution is 7.98. The van der Waals surface area contributed by atoms with E-state index in [0.717, 1.165) is 11.3 Å². The molecular formula is C17H19NO2S. The number of ether oxygens (including phenoxy) is 1. The molecule has 0 aromatic heterocycles. The number of amides is 1. The van der Waals surface area contributed by atoms with E-state index in [1.165, 1.54) is 4.90 Å². The summed E-state index contributed by atoms with van der Waals surface area (Å²) in [5.41, 5.74) is 1.72. The lowest BCUT2D eigenvalue weighted by atomic mass is 10.1. The number of carbonyl (C=O) groups is 1. The molecule has 1 atom stereocenters. The summed E-state index contributed by atoms with van der Waals surface area (Å²) in [4.78, 5) is 13.4. The van der Waals surface area contributed by atoms with Gasteiger partial charge in [-0.15, -0.1) is 11.8 Å². The van der Waals surface area contributed by atoms with E-state index in [4.69, 9.17) is 4.74 Å². The Labute approximate surface area is 129 Å². The van der Waals surface area contributed by atoms with Gasteiger partial charge >= 0.3 is 0 Å². The van der Waals surface area contributed by atoms with E-state index in [1.807, 2.05) is 25.3 Å². The molecule has 2 aromatic rings. The van der Waals surface area contributed by atoms with Crippen LogP contribution in [0.25, 0.3) is 0 Å². The van der Waals surface area contributed by atoms with Gasteiger partial charge in [-0.05, 0) is 55.1 Å². The molecule has 0 fully saturated rings. The summed E-state index contributed by atoms with van der Waals surface area (Å²) in [6.07, 6.45) is 2.05. The molecule has 21 heavy (non-hydrogen) atoms. The van der Waals surface area contributed by atoms with Gasteiger partial charge in [0.1, 0.15) is 5.75 Å². The van der Waals surface area contributed by atoms with E-state index in [2.05, 4.69) is 17.4 Å². The van der Waals surface area contributed by atoms with Crippen LogP contribution in [-0.4, -0.2) is 19.3 Å². The highest BCUT2D eigenvalue weighted by Crippen LogP contribution is 2.19. The average molecular weight is 301 g/mol. The van der Waals surface area contributed by atoms with Crippen LogP contribution in [-0.2, 0) is 0 Å². The van der Waals surface area contributed by atoms with E-state index in [9.17, 15) is 4.79 Å². The fourth-order valence-electron chi connectivity index (χ4n) is 2.00. The third-order valence-electron chi connectivity index (χ3n) is 3.32. The van der Waals surface area contributed by atoms with Crippen molar-refractivity contribution < 1.29 is 9.53 Å². The van der Waals surface area contributed by atoms with E-state index < -0.39 is 0 Å². The first kappa shape index (κ1) is 15.4. The summed E-state index contributed by atoms with van der Waals surface area (Å²) in [6, 6.07) is 15.3. The fourth-order valence-corrected chi connectivity index (χ4v) is 2.41. The largest absolute Gasteiger partial charge is 0.497 e. The van der Waals surface area contributed by atoms with Crippen LogP contribution in [0.4, 0.5) is 0 Å². The zero-order chi connectivity index (χ0) is 15.2. The van der Waals surface area contributed by atoms with E-state index in [1.54, 1.807) is 43.1 Å².